The Morgan fingerprint density at radius 2 is 2.17 bits per heavy atom. The van der Waals surface area contributed by atoms with Gasteiger partial charge in [-0.05, 0) is 6.07 Å². The molecule has 1 aliphatic rings. The highest BCUT2D eigenvalue weighted by Gasteiger charge is 2.32. The molecule has 1 aromatic heterocycles. The van der Waals surface area contributed by atoms with Crippen LogP contribution in [0.5, 0.6) is 5.75 Å². The van der Waals surface area contributed by atoms with Crippen LogP contribution in [-0.4, -0.2) is 39.9 Å². The van der Waals surface area contributed by atoms with Gasteiger partial charge in [-0.2, -0.15) is 0 Å². The molecule has 126 valence electrons. The number of nitrogens with one attached hydrogen (secondary N) is 1. The Kier molecular flexibility index (Phi) is 4.50. The van der Waals surface area contributed by atoms with E-state index in [-0.39, 0.29) is 24.4 Å². The lowest BCUT2D eigenvalue weighted by Gasteiger charge is -2.37. The number of carbonyl (C=O) groups is 2. The van der Waals surface area contributed by atoms with Crippen molar-refractivity contribution in [2.24, 2.45) is 0 Å². The largest absolute Gasteiger partial charge is 0.496 e. The number of ether oxygens (including phenoxy) is 1. The molecule has 1 aliphatic heterocycles. The molecule has 1 N–H and O–H groups in total. The molecule has 24 heavy (non-hydrogen) atoms. The predicted octanol–water partition coefficient (Wildman–Crippen LogP) is 1.11. The average Bonchev–Trinajstić information content (AvgIpc) is 3.05. The van der Waals surface area contributed by atoms with Crippen LogP contribution in [0.3, 0.4) is 0 Å². The van der Waals surface area contributed by atoms with Gasteiger partial charge in [0.1, 0.15) is 11.6 Å². The van der Waals surface area contributed by atoms with Crippen molar-refractivity contribution in [3.8, 4) is 5.75 Å². The summed E-state index contributed by atoms with van der Waals surface area (Å²) in [4.78, 5) is 29.8. The Morgan fingerprint density at radius 3 is 2.92 bits per heavy atom. The van der Waals surface area contributed by atoms with Crippen LogP contribution in [0.1, 0.15) is 24.4 Å². The van der Waals surface area contributed by atoms with Crippen LogP contribution in [0.2, 0.25) is 0 Å². The van der Waals surface area contributed by atoms with Crippen molar-refractivity contribution in [1.82, 2.24) is 19.8 Å². The fraction of sp³-hybridized carbons (Fsp3) is 0.353. The highest BCUT2D eigenvalue weighted by atomic mass is 16.5. The van der Waals surface area contributed by atoms with Gasteiger partial charge < -0.3 is 19.5 Å². The molecule has 0 bridgehead atoms. The van der Waals surface area contributed by atoms with Crippen LogP contribution in [0.15, 0.2) is 36.7 Å². The second-order valence-corrected chi connectivity index (χ2v) is 5.68. The number of carbonyl (C=O) groups excluding carboxylic acids is 2. The Hall–Kier alpha value is -2.83. The zero-order valence-corrected chi connectivity index (χ0v) is 13.7. The van der Waals surface area contributed by atoms with Crippen LogP contribution in [0.25, 0.3) is 0 Å². The summed E-state index contributed by atoms with van der Waals surface area (Å²) >= 11 is 0. The minimum atomic E-state index is -0.226. The van der Waals surface area contributed by atoms with Crippen molar-refractivity contribution >= 4 is 11.8 Å². The van der Waals surface area contributed by atoms with Gasteiger partial charge in [-0.15, -0.1) is 0 Å². The van der Waals surface area contributed by atoms with E-state index in [1.807, 2.05) is 35.0 Å². The van der Waals surface area contributed by atoms with Crippen LogP contribution in [0.4, 0.5) is 0 Å². The molecule has 7 nitrogen and oxygen atoms in total. The molecule has 0 saturated carbocycles. The van der Waals surface area contributed by atoms with Crippen LogP contribution in [0, 0.1) is 0 Å². The van der Waals surface area contributed by atoms with Crippen LogP contribution in [-0.2, 0) is 22.7 Å². The molecule has 1 atom stereocenters. The number of hydrogen-bond acceptors (Lipinski definition) is 4. The lowest BCUT2D eigenvalue weighted by Crippen LogP contribution is -2.45. The van der Waals surface area contributed by atoms with Gasteiger partial charge in [0, 0.05) is 31.4 Å². The average molecular weight is 328 g/mol. The Bertz CT molecular complexity index is 756. The van der Waals surface area contributed by atoms with E-state index < -0.39 is 0 Å². The second-order valence-electron chi connectivity index (χ2n) is 5.68. The highest BCUT2D eigenvalue weighted by Crippen LogP contribution is 2.34. The minimum absolute atomic E-state index is 0.0261. The molecule has 0 saturated heterocycles. The fourth-order valence-corrected chi connectivity index (χ4v) is 2.98. The van der Waals surface area contributed by atoms with Crippen molar-refractivity contribution in [3.05, 3.63) is 48.0 Å². The standard InChI is InChI=1S/C17H20N4O3/c1-12(22)19-9-17(23)21-11-16-18-7-8-20(16)10-14(21)13-5-3-4-6-15(13)24-2/h3-8,14H,9-11H2,1-2H3,(H,19,22). The summed E-state index contributed by atoms with van der Waals surface area (Å²) in [7, 11) is 1.62. The van der Waals surface area contributed by atoms with E-state index in [2.05, 4.69) is 10.3 Å². The molecular weight excluding hydrogens is 308 g/mol. The van der Waals surface area contributed by atoms with E-state index in [9.17, 15) is 9.59 Å². The number of nitrogens with zero attached hydrogens (tertiary/aromatic N) is 3. The third-order valence-corrected chi connectivity index (χ3v) is 4.17. The van der Waals surface area contributed by atoms with Crippen molar-refractivity contribution < 1.29 is 14.3 Å². The topological polar surface area (TPSA) is 76.5 Å². The normalized spacial score (nSPS) is 16.4. The molecule has 0 fully saturated rings. The number of imidazole rings is 1. The van der Waals surface area contributed by atoms with E-state index >= 15 is 0 Å². The Morgan fingerprint density at radius 1 is 1.38 bits per heavy atom. The highest BCUT2D eigenvalue weighted by molar-refractivity contribution is 5.84. The molecule has 3 rings (SSSR count). The molecule has 7 heteroatoms. The first-order valence-corrected chi connectivity index (χ1v) is 7.77. The summed E-state index contributed by atoms with van der Waals surface area (Å²) in [5, 5.41) is 2.57. The van der Waals surface area contributed by atoms with Gasteiger partial charge in [-0.1, -0.05) is 18.2 Å². The zero-order chi connectivity index (χ0) is 17.1. The maximum absolute atomic E-state index is 12.7. The summed E-state index contributed by atoms with van der Waals surface area (Å²) in [6.07, 6.45) is 3.64. The molecular formula is C17H20N4O3. The molecule has 0 spiro atoms. The third-order valence-electron chi connectivity index (χ3n) is 4.17. The van der Waals surface area contributed by atoms with Gasteiger partial charge in [-0.3, -0.25) is 9.59 Å². The number of hydrogen-bond donors (Lipinski definition) is 1. The minimum Gasteiger partial charge on any atom is -0.496 e. The molecule has 1 aromatic carbocycles. The van der Waals surface area contributed by atoms with Crippen LogP contribution >= 0.6 is 0 Å². The summed E-state index contributed by atoms with van der Waals surface area (Å²) in [5.74, 6) is 1.20. The number of para-hydroxylation sites is 1. The Balaban J connectivity index is 1.94. The zero-order valence-electron chi connectivity index (χ0n) is 13.7. The summed E-state index contributed by atoms with van der Waals surface area (Å²) in [5.41, 5.74) is 0.940. The first-order chi connectivity index (χ1) is 11.6. The second kappa shape index (κ2) is 6.74. The van der Waals surface area contributed by atoms with Gasteiger partial charge in [0.05, 0.1) is 26.2 Å². The van der Waals surface area contributed by atoms with Crippen molar-refractivity contribution in [2.75, 3.05) is 13.7 Å². The maximum atomic E-state index is 12.7. The first kappa shape index (κ1) is 16.0. The number of benzene rings is 1. The maximum Gasteiger partial charge on any atom is 0.242 e. The quantitative estimate of drug-likeness (QED) is 0.912. The summed E-state index contributed by atoms with van der Waals surface area (Å²) in [6.45, 7) is 2.37. The van der Waals surface area contributed by atoms with E-state index in [0.29, 0.717) is 13.1 Å². The van der Waals surface area contributed by atoms with E-state index in [1.54, 1.807) is 18.2 Å². The van der Waals surface area contributed by atoms with Crippen molar-refractivity contribution in [1.29, 1.82) is 0 Å². The molecule has 1 unspecified atom stereocenters. The number of aromatic nitrogens is 2. The van der Waals surface area contributed by atoms with Crippen molar-refractivity contribution in [2.45, 2.75) is 26.1 Å². The van der Waals surface area contributed by atoms with Crippen molar-refractivity contribution in [3.63, 3.8) is 0 Å². The molecule has 2 aromatic rings. The number of fused-ring (bicyclic) bond motifs is 1. The SMILES string of the molecule is COc1ccccc1C1Cn2ccnc2CN1C(=O)CNC(C)=O. The summed E-state index contributed by atoms with van der Waals surface area (Å²) < 4.78 is 7.50. The molecule has 2 amide bonds. The molecule has 0 aliphatic carbocycles. The lowest BCUT2D eigenvalue weighted by atomic mass is 10.0. The lowest BCUT2D eigenvalue weighted by molar-refractivity contribution is -0.136. The first-order valence-electron chi connectivity index (χ1n) is 7.77. The van der Waals surface area contributed by atoms with Gasteiger partial charge >= 0.3 is 0 Å². The fourth-order valence-electron chi connectivity index (χ4n) is 2.98. The van der Waals surface area contributed by atoms with Gasteiger partial charge in [0.25, 0.3) is 0 Å². The van der Waals surface area contributed by atoms with Gasteiger partial charge in [0.2, 0.25) is 11.8 Å². The predicted molar refractivity (Wildman–Crippen MR) is 87.2 cm³/mol. The summed E-state index contributed by atoms with van der Waals surface area (Å²) in [6, 6.07) is 7.50. The Labute approximate surface area is 140 Å². The molecule has 2 heterocycles. The number of methoxy groups -OCH3 is 1. The molecule has 0 radical (unpaired) electrons. The van der Waals surface area contributed by atoms with E-state index in [1.165, 1.54) is 6.92 Å². The number of amides is 2. The van der Waals surface area contributed by atoms with Gasteiger partial charge in [0.15, 0.2) is 0 Å². The third kappa shape index (κ3) is 3.10. The van der Waals surface area contributed by atoms with Crippen LogP contribution < -0.4 is 10.1 Å². The monoisotopic (exact) mass is 328 g/mol. The van der Waals surface area contributed by atoms with Gasteiger partial charge in [-0.25, -0.2) is 4.98 Å². The van der Waals surface area contributed by atoms with E-state index in [4.69, 9.17) is 4.74 Å². The number of rotatable bonds is 4. The smallest absolute Gasteiger partial charge is 0.242 e. The van der Waals surface area contributed by atoms with E-state index in [0.717, 1.165) is 17.1 Å².